The number of hydrogen-bond donors (Lipinski definition) is 0. The van der Waals surface area contributed by atoms with Crippen LogP contribution in [-0.2, 0) is 19.1 Å². The van der Waals surface area contributed by atoms with E-state index >= 15 is 0 Å². The lowest BCUT2D eigenvalue weighted by Gasteiger charge is -2.02. The van der Waals surface area contributed by atoms with Crippen LogP contribution in [0.15, 0.2) is 6.20 Å². The molecule has 0 spiro atoms. The molecule has 0 aromatic carbocycles. The van der Waals surface area contributed by atoms with Crippen LogP contribution in [0.1, 0.15) is 11.3 Å². The summed E-state index contributed by atoms with van der Waals surface area (Å²) in [5.41, 5.74) is -1.31. The molecule has 0 saturated carbocycles. The predicted octanol–water partition coefficient (Wildman–Crippen LogP) is 1.49. The number of alkyl halides is 3. The summed E-state index contributed by atoms with van der Waals surface area (Å²) in [4.78, 5) is 0. The van der Waals surface area contributed by atoms with Gasteiger partial charge in [-0.15, -0.1) is 0 Å². The van der Waals surface area contributed by atoms with Crippen molar-refractivity contribution < 1.29 is 13.2 Å². The Kier molecular flexibility index (Phi) is 2.96. The highest BCUT2D eigenvalue weighted by Gasteiger charge is 2.36. The monoisotopic (exact) mass is 214 g/mol. The van der Waals surface area contributed by atoms with Crippen LogP contribution in [0.2, 0.25) is 0 Å². The quantitative estimate of drug-likeness (QED) is 0.749. The van der Waals surface area contributed by atoms with E-state index < -0.39 is 11.9 Å². The zero-order valence-corrected chi connectivity index (χ0v) is 7.41. The van der Waals surface area contributed by atoms with E-state index in [0.29, 0.717) is 0 Å². The molecule has 0 aliphatic rings. The summed E-state index contributed by atoms with van der Waals surface area (Å²) in [6, 6.07) is 3.28. The molecule has 78 valence electrons. The maximum absolute atomic E-state index is 12.4. The number of halogens is 3. The van der Waals surface area contributed by atoms with Crippen molar-refractivity contribution in [3.8, 4) is 12.1 Å². The largest absolute Gasteiger partial charge is 0.435 e. The van der Waals surface area contributed by atoms with Gasteiger partial charge in [-0.1, -0.05) is 0 Å². The molecule has 1 aromatic rings. The van der Waals surface area contributed by atoms with Gasteiger partial charge in [0.2, 0.25) is 0 Å². The minimum absolute atomic E-state index is 0.208. The van der Waals surface area contributed by atoms with E-state index in [1.807, 2.05) is 0 Å². The highest BCUT2D eigenvalue weighted by atomic mass is 19.4. The molecule has 0 unspecified atom stereocenters. The molecule has 1 heterocycles. The molecule has 1 aromatic heterocycles. The van der Waals surface area contributed by atoms with Crippen LogP contribution in [0.3, 0.4) is 0 Å². The van der Waals surface area contributed by atoms with Crippen molar-refractivity contribution in [2.45, 2.75) is 19.1 Å². The van der Waals surface area contributed by atoms with Crippen molar-refractivity contribution >= 4 is 0 Å². The van der Waals surface area contributed by atoms with Gasteiger partial charge in [0.25, 0.3) is 0 Å². The van der Waals surface area contributed by atoms with Crippen LogP contribution in [0.25, 0.3) is 0 Å². The molecule has 4 nitrogen and oxygen atoms in total. The van der Waals surface area contributed by atoms with Crippen molar-refractivity contribution in [2.24, 2.45) is 0 Å². The van der Waals surface area contributed by atoms with Gasteiger partial charge in [0.15, 0.2) is 5.69 Å². The Balaban J connectivity index is 3.14. The number of hydrogen-bond acceptors (Lipinski definition) is 3. The first-order valence-corrected chi connectivity index (χ1v) is 3.86. The van der Waals surface area contributed by atoms with Gasteiger partial charge in [-0.05, 0) is 0 Å². The second-order valence-corrected chi connectivity index (χ2v) is 2.69. The van der Waals surface area contributed by atoms with Gasteiger partial charge in [-0.3, -0.25) is 4.68 Å². The van der Waals surface area contributed by atoms with Gasteiger partial charge in [-0.25, -0.2) is 0 Å². The molecule has 0 atom stereocenters. The predicted molar refractivity (Wildman–Crippen MR) is 42.2 cm³/mol. The smallest absolute Gasteiger partial charge is 0.258 e. The number of aromatic nitrogens is 2. The van der Waals surface area contributed by atoms with Crippen molar-refractivity contribution in [1.29, 1.82) is 10.5 Å². The standard InChI is InChI=1S/C8H5F3N4/c9-8(10,11)7-6(1-2-12)5-15(14-7)4-3-13/h5H,1,4H2. The summed E-state index contributed by atoms with van der Waals surface area (Å²) in [5.74, 6) is 0. The third-order valence-electron chi connectivity index (χ3n) is 1.61. The molecule has 0 fully saturated rings. The molecular formula is C8H5F3N4. The Hall–Kier alpha value is -2.02. The minimum atomic E-state index is -4.59. The third-order valence-corrected chi connectivity index (χ3v) is 1.61. The Labute approximate surface area is 83.1 Å². The fourth-order valence-corrected chi connectivity index (χ4v) is 1.07. The van der Waals surface area contributed by atoms with E-state index in [1.165, 1.54) is 0 Å². The van der Waals surface area contributed by atoms with Gasteiger partial charge in [0.05, 0.1) is 18.6 Å². The molecule has 0 amide bonds. The second kappa shape index (κ2) is 4.01. The lowest BCUT2D eigenvalue weighted by Crippen LogP contribution is -2.09. The average molecular weight is 214 g/mol. The van der Waals surface area contributed by atoms with E-state index in [9.17, 15) is 13.2 Å². The van der Waals surface area contributed by atoms with Crippen LogP contribution >= 0.6 is 0 Å². The van der Waals surface area contributed by atoms with Crippen molar-refractivity contribution in [1.82, 2.24) is 9.78 Å². The maximum Gasteiger partial charge on any atom is 0.435 e. The SMILES string of the molecule is N#CCc1cn(CC#N)nc1C(F)(F)F. The van der Waals surface area contributed by atoms with E-state index in [4.69, 9.17) is 10.5 Å². The van der Waals surface area contributed by atoms with E-state index in [1.54, 1.807) is 12.1 Å². The van der Waals surface area contributed by atoms with Gasteiger partial charge in [-0.2, -0.15) is 28.8 Å². The van der Waals surface area contributed by atoms with Gasteiger partial charge < -0.3 is 0 Å². The Morgan fingerprint density at radius 3 is 2.47 bits per heavy atom. The first-order chi connectivity index (χ1) is 6.99. The third kappa shape index (κ3) is 2.47. The highest BCUT2D eigenvalue weighted by Crippen LogP contribution is 2.30. The van der Waals surface area contributed by atoms with Crippen LogP contribution in [0.4, 0.5) is 13.2 Å². The number of nitriles is 2. The lowest BCUT2D eigenvalue weighted by atomic mass is 10.2. The van der Waals surface area contributed by atoms with Crippen LogP contribution in [0, 0.1) is 22.7 Å². The van der Waals surface area contributed by atoms with Gasteiger partial charge in [0, 0.05) is 11.8 Å². The van der Waals surface area contributed by atoms with E-state index in [-0.39, 0.29) is 18.5 Å². The second-order valence-electron chi connectivity index (χ2n) is 2.69. The van der Waals surface area contributed by atoms with Crippen LogP contribution in [0.5, 0.6) is 0 Å². The lowest BCUT2D eigenvalue weighted by molar-refractivity contribution is -0.142. The topological polar surface area (TPSA) is 65.4 Å². The summed E-state index contributed by atoms with van der Waals surface area (Å²) >= 11 is 0. The average Bonchev–Trinajstić information content (AvgIpc) is 2.49. The first kappa shape index (κ1) is 11.1. The molecule has 0 radical (unpaired) electrons. The number of rotatable bonds is 2. The molecule has 0 N–H and O–H groups in total. The summed E-state index contributed by atoms with van der Waals surface area (Å²) in [5, 5.41) is 19.8. The Morgan fingerprint density at radius 2 is 2.00 bits per heavy atom. The zero-order chi connectivity index (χ0) is 11.5. The summed E-state index contributed by atoms with van der Waals surface area (Å²) in [7, 11) is 0. The van der Waals surface area contributed by atoms with Crippen molar-refractivity contribution in [3.63, 3.8) is 0 Å². The molecule has 1 rings (SSSR count). The van der Waals surface area contributed by atoms with Gasteiger partial charge >= 0.3 is 6.18 Å². The molecular weight excluding hydrogens is 209 g/mol. The van der Waals surface area contributed by atoms with E-state index in [0.717, 1.165) is 10.9 Å². The van der Waals surface area contributed by atoms with Crippen molar-refractivity contribution in [2.75, 3.05) is 0 Å². The fourth-order valence-electron chi connectivity index (χ4n) is 1.07. The molecule has 0 bridgehead atoms. The minimum Gasteiger partial charge on any atom is -0.258 e. The van der Waals surface area contributed by atoms with Crippen molar-refractivity contribution in [3.05, 3.63) is 17.5 Å². The molecule has 0 aliphatic carbocycles. The maximum atomic E-state index is 12.4. The summed E-state index contributed by atoms with van der Waals surface area (Å²) in [6.07, 6.45) is -3.90. The fraction of sp³-hybridized carbons (Fsp3) is 0.375. The Morgan fingerprint density at radius 1 is 1.33 bits per heavy atom. The Bertz CT molecular complexity index is 432. The molecule has 0 saturated heterocycles. The van der Waals surface area contributed by atoms with E-state index in [2.05, 4.69) is 5.10 Å². The first-order valence-electron chi connectivity index (χ1n) is 3.86. The zero-order valence-electron chi connectivity index (χ0n) is 7.41. The van der Waals surface area contributed by atoms with Crippen LogP contribution < -0.4 is 0 Å². The summed E-state index contributed by atoms with van der Waals surface area (Å²) < 4.78 is 37.9. The van der Waals surface area contributed by atoms with Crippen LogP contribution in [-0.4, -0.2) is 9.78 Å². The summed E-state index contributed by atoms with van der Waals surface area (Å²) in [6.45, 7) is -0.269. The molecule has 15 heavy (non-hydrogen) atoms. The molecule has 7 heteroatoms. The molecule has 0 aliphatic heterocycles. The van der Waals surface area contributed by atoms with Gasteiger partial charge in [0.1, 0.15) is 6.54 Å². The normalized spacial score (nSPS) is 10.7. The number of nitrogens with zero attached hydrogens (tertiary/aromatic N) is 4. The highest BCUT2D eigenvalue weighted by molar-refractivity contribution is 5.23.